The zero-order valence-corrected chi connectivity index (χ0v) is 19.4. The minimum atomic E-state index is -1.23. The number of aliphatic carboxylic acids is 1. The van der Waals surface area contributed by atoms with E-state index < -0.39 is 41.3 Å². The van der Waals surface area contributed by atoms with Crippen LogP contribution in [0.25, 0.3) is 0 Å². The lowest BCUT2D eigenvalue weighted by atomic mass is 10.0. The van der Waals surface area contributed by atoms with Crippen molar-refractivity contribution in [3.8, 4) is 0 Å². The number of thioether (sulfide) groups is 2. The molecule has 5 N–H and O–H groups in total. The van der Waals surface area contributed by atoms with Crippen molar-refractivity contribution in [2.45, 2.75) is 22.6 Å². The first-order chi connectivity index (χ1) is 16.3. The molecule has 2 aliphatic heterocycles. The number of fused-ring (bicyclic) bond motifs is 1. The van der Waals surface area contributed by atoms with E-state index in [0.717, 1.165) is 0 Å². The number of hydrogen-bond acceptors (Lipinski definition) is 9. The summed E-state index contributed by atoms with van der Waals surface area (Å²) in [7, 11) is 1.67. The van der Waals surface area contributed by atoms with Gasteiger partial charge in [-0.3, -0.25) is 14.5 Å². The highest BCUT2D eigenvalue weighted by Crippen LogP contribution is 2.41. The van der Waals surface area contributed by atoms with Crippen molar-refractivity contribution in [1.29, 1.82) is 0 Å². The number of primary amides is 1. The third kappa shape index (κ3) is 4.56. The molecular weight excluding hydrogens is 484 g/mol. The number of carboxylic acids is 1. The number of tetrazole rings is 1. The highest BCUT2D eigenvalue weighted by atomic mass is 32.2. The molecule has 4 amide bonds. The minimum Gasteiger partial charge on any atom is -0.477 e. The Morgan fingerprint density at radius 3 is 2.68 bits per heavy atom. The fraction of sp³-hybridized carbons (Fsp3) is 0.316. The van der Waals surface area contributed by atoms with Crippen LogP contribution in [-0.4, -0.2) is 76.9 Å². The van der Waals surface area contributed by atoms with E-state index in [0.29, 0.717) is 22.0 Å². The summed E-state index contributed by atoms with van der Waals surface area (Å²) in [5, 5.41) is 25.9. The Balaban J connectivity index is 1.49. The summed E-state index contributed by atoms with van der Waals surface area (Å²) >= 11 is 2.61. The van der Waals surface area contributed by atoms with Gasteiger partial charge in [0, 0.05) is 18.6 Å². The molecule has 3 atom stereocenters. The first-order valence-electron chi connectivity index (χ1n) is 9.94. The number of nitrogens with one attached hydrogen (secondary N) is 2. The highest BCUT2D eigenvalue weighted by molar-refractivity contribution is 8.01. The zero-order chi connectivity index (χ0) is 24.4. The van der Waals surface area contributed by atoms with Gasteiger partial charge in [-0.15, -0.1) is 16.9 Å². The number of hydrogen-bond donors (Lipinski definition) is 4. The minimum absolute atomic E-state index is 0.100. The van der Waals surface area contributed by atoms with Crippen LogP contribution in [0.4, 0.5) is 4.79 Å². The Morgan fingerprint density at radius 1 is 1.32 bits per heavy atom. The molecule has 0 saturated carbocycles. The fourth-order valence-corrected chi connectivity index (χ4v) is 5.95. The number of β-lactam (4-membered cyclic amide) rings is 1. The largest absolute Gasteiger partial charge is 0.477 e. The van der Waals surface area contributed by atoms with E-state index in [1.165, 1.54) is 33.1 Å². The van der Waals surface area contributed by atoms with Crippen molar-refractivity contribution in [3.63, 3.8) is 0 Å². The second-order valence-corrected chi connectivity index (χ2v) is 9.43. The summed E-state index contributed by atoms with van der Waals surface area (Å²) in [4.78, 5) is 50.5. The summed E-state index contributed by atoms with van der Waals surface area (Å²) in [6.07, 6.45) is 0. The zero-order valence-electron chi connectivity index (χ0n) is 17.7. The second-order valence-electron chi connectivity index (χ2n) is 7.38. The van der Waals surface area contributed by atoms with Crippen LogP contribution in [0.1, 0.15) is 11.6 Å². The molecule has 3 heterocycles. The molecule has 34 heavy (non-hydrogen) atoms. The van der Waals surface area contributed by atoms with Gasteiger partial charge in [0.1, 0.15) is 23.2 Å². The number of benzene rings is 1. The van der Waals surface area contributed by atoms with E-state index in [2.05, 4.69) is 26.2 Å². The molecule has 0 aliphatic carbocycles. The molecule has 0 spiro atoms. The Hall–Kier alpha value is -3.59. The maximum absolute atomic E-state index is 12.9. The van der Waals surface area contributed by atoms with Gasteiger partial charge in [0.05, 0.1) is 0 Å². The van der Waals surface area contributed by atoms with Crippen LogP contribution in [0.15, 0.2) is 46.8 Å². The number of urea groups is 1. The number of amides is 4. The van der Waals surface area contributed by atoms with Crippen molar-refractivity contribution in [2.75, 3.05) is 11.5 Å². The van der Waals surface area contributed by atoms with Gasteiger partial charge < -0.3 is 21.5 Å². The third-order valence-corrected chi connectivity index (χ3v) is 7.62. The van der Waals surface area contributed by atoms with E-state index in [4.69, 9.17) is 5.73 Å². The van der Waals surface area contributed by atoms with E-state index >= 15 is 0 Å². The van der Waals surface area contributed by atoms with Crippen LogP contribution < -0.4 is 16.4 Å². The van der Waals surface area contributed by atoms with Gasteiger partial charge in [0.15, 0.2) is 0 Å². The Labute approximate surface area is 201 Å². The Bertz CT molecular complexity index is 1170. The highest BCUT2D eigenvalue weighted by Gasteiger charge is 2.54. The maximum atomic E-state index is 12.9. The van der Waals surface area contributed by atoms with Crippen LogP contribution in [-0.2, 0) is 21.4 Å². The van der Waals surface area contributed by atoms with Crippen LogP contribution in [0.5, 0.6) is 0 Å². The SMILES string of the molecule is Cn1nnnc1SCC1=C(C(=O)O)N2C(=O)[C@@H](NC(=O)C(NC(N)=O)c3ccccc3)C2SC1. The van der Waals surface area contributed by atoms with Crippen molar-refractivity contribution in [2.24, 2.45) is 12.8 Å². The standard InChI is InChI=1S/C19H20N8O5S2/c1-26-19(23-24-25-26)34-8-10-7-33-16-12(15(29)27(16)13(10)17(30)31)21-14(28)11(22-18(20)32)9-5-3-2-4-6-9/h2-6,11-12,16H,7-8H2,1H3,(H,21,28)(H,30,31)(H3,20,22,32)/t11?,12-,16?/m1/s1. The summed E-state index contributed by atoms with van der Waals surface area (Å²) in [6, 6.07) is 5.51. The van der Waals surface area contributed by atoms with Gasteiger partial charge in [-0.1, -0.05) is 42.1 Å². The normalized spacial score (nSPS) is 20.3. The molecule has 4 rings (SSSR count). The molecule has 2 aromatic rings. The van der Waals surface area contributed by atoms with Crippen LogP contribution in [0, 0.1) is 0 Å². The number of nitrogens with two attached hydrogens (primary N) is 1. The lowest BCUT2D eigenvalue weighted by molar-refractivity contribution is -0.150. The average molecular weight is 505 g/mol. The number of carboxylic acid groups (broad SMARTS) is 1. The van der Waals surface area contributed by atoms with Gasteiger partial charge in [-0.05, 0) is 21.6 Å². The van der Waals surface area contributed by atoms with Gasteiger partial charge in [0.25, 0.3) is 5.91 Å². The lowest BCUT2D eigenvalue weighted by Crippen LogP contribution is -2.71. The van der Waals surface area contributed by atoms with Gasteiger partial charge >= 0.3 is 12.0 Å². The summed E-state index contributed by atoms with van der Waals surface area (Å²) in [5.74, 6) is -1.76. The van der Waals surface area contributed by atoms with Gasteiger partial charge in [-0.2, -0.15) is 0 Å². The number of aryl methyl sites for hydroxylation is 1. The van der Waals surface area contributed by atoms with Crippen LogP contribution in [0.3, 0.4) is 0 Å². The van der Waals surface area contributed by atoms with Crippen molar-refractivity contribution in [1.82, 2.24) is 35.7 Å². The molecule has 2 unspecified atom stereocenters. The second kappa shape index (κ2) is 9.72. The first kappa shape index (κ1) is 23.6. The van der Waals surface area contributed by atoms with Crippen LogP contribution in [0.2, 0.25) is 0 Å². The van der Waals surface area contributed by atoms with Gasteiger partial charge in [0.2, 0.25) is 11.1 Å². The number of carbonyl (C=O) groups excluding carboxylic acids is 3. The van der Waals surface area contributed by atoms with Crippen molar-refractivity contribution >= 4 is 47.3 Å². The molecule has 2 aliphatic rings. The molecule has 0 radical (unpaired) electrons. The predicted molar refractivity (Wildman–Crippen MR) is 121 cm³/mol. The molecule has 1 aromatic carbocycles. The molecular formula is C19H20N8O5S2. The third-order valence-electron chi connectivity index (χ3n) is 5.19. The molecule has 1 aromatic heterocycles. The van der Waals surface area contributed by atoms with Crippen LogP contribution >= 0.6 is 23.5 Å². The van der Waals surface area contributed by atoms with Crippen molar-refractivity contribution in [3.05, 3.63) is 47.2 Å². The molecule has 15 heteroatoms. The van der Waals surface area contributed by atoms with E-state index in [1.807, 2.05) is 0 Å². The summed E-state index contributed by atoms with van der Waals surface area (Å²) < 4.78 is 1.47. The van der Waals surface area contributed by atoms with E-state index in [1.54, 1.807) is 37.4 Å². The lowest BCUT2D eigenvalue weighted by Gasteiger charge is -2.49. The smallest absolute Gasteiger partial charge is 0.352 e. The topological polar surface area (TPSA) is 185 Å². The quantitative estimate of drug-likeness (QED) is 0.268. The number of carbonyl (C=O) groups is 4. The molecule has 13 nitrogen and oxygen atoms in total. The molecule has 0 bridgehead atoms. The Morgan fingerprint density at radius 2 is 2.06 bits per heavy atom. The fourth-order valence-electron chi connectivity index (χ4n) is 3.61. The van der Waals surface area contributed by atoms with E-state index in [9.17, 15) is 24.3 Å². The maximum Gasteiger partial charge on any atom is 0.352 e. The summed E-state index contributed by atoms with van der Waals surface area (Å²) in [6.45, 7) is 0. The average Bonchev–Trinajstić information content (AvgIpc) is 3.23. The molecule has 1 fully saturated rings. The Kier molecular flexibility index (Phi) is 6.74. The van der Waals surface area contributed by atoms with Crippen molar-refractivity contribution < 1.29 is 24.3 Å². The number of nitrogens with zero attached hydrogens (tertiary/aromatic N) is 5. The number of rotatable bonds is 8. The first-order valence-corrected chi connectivity index (χ1v) is 12.0. The molecule has 1 saturated heterocycles. The van der Waals surface area contributed by atoms with Gasteiger partial charge in [-0.25, -0.2) is 14.3 Å². The molecule has 178 valence electrons. The predicted octanol–water partition coefficient (Wildman–Crippen LogP) is -0.550. The van der Waals surface area contributed by atoms with E-state index in [-0.39, 0.29) is 11.4 Å². The number of aromatic nitrogens is 4. The summed E-state index contributed by atoms with van der Waals surface area (Å²) in [5.41, 5.74) is 6.16. The monoisotopic (exact) mass is 504 g/mol.